The molecule has 0 N–H and O–H groups in total. The summed E-state index contributed by atoms with van der Waals surface area (Å²) in [5.41, 5.74) is 1.71. The van der Waals surface area contributed by atoms with E-state index in [-0.39, 0.29) is 33.5 Å². The standard InChI is InChI=1S/C16H8Cl2N2.ClH.Pt/c17-12-5-7-19-15-10(12)3-1-9-2-4-11-13(18)6-8-20-16(11)14(9)15;;/h1-8H;1H;. The zero-order valence-corrected chi connectivity index (χ0v) is 15.6. The van der Waals surface area contributed by atoms with Gasteiger partial charge in [0, 0.05) is 49.6 Å². The van der Waals surface area contributed by atoms with Gasteiger partial charge < -0.3 is 0 Å². The van der Waals surface area contributed by atoms with Gasteiger partial charge in [0.15, 0.2) is 0 Å². The van der Waals surface area contributed by atoms with Gasteiger partial charge in [-0.15, -0.1) is 12.4 Å². The number of rotatable bonds is 0. The van der Waals surface area contributed by atoms with Gasteiger partial charge >= 0.3 is 0 Å². The van der Waals surface area contributed by atoms with Crippen LogP contribution in [0.15, 0.2) is 48.8 Å². The molecule has 0 fully saturated rings. The average molecular weight is 531 g/mol. The van der Waals surface area contributed by atoms with Crippen LogP contribution in [-0.2, 0) is 21.1 Å². The van der Waals surface area contributed by atoms with Crippen LogP contribution in [0.2, 0.25) is 10.0 Å². The van der Waals surface area contributed by atoms with E-state index in [4.69, 9.17) is 23.2 Å². The van der Waals surface area contributed by atoms with E-state index in [2.05, 4.69) is 9.97 Å². The molecule has 2 nitrogen and oxygen atoms in total. The topological polar surface area (TPSA) is 25.8 Å². The van der Waals surface area contributed by atoms with Crippen molar-refractivity contribution in [1.82, 2.24) is 9.97 Å². The molecule has 0 saturated heterocycles. The Balaban J connectivity index is 0.000000882. The minimum atomic E-state index is 0. The van der Waals surface area contributed by atoms with E-state index in [9.17, 15) is 0 Å². The minimum Gasteiger partial charge on any atom is -0.255 e. The van der Waals surface area contributed by atoms with E-state index in [0.29, 0.717) is 10.0 Å². The van der Waals surface area contributed by atoms with Crippen LogP contribution < -0.4 is 0 Å². The molecule has 2 aromatic carbocycles. The molecule has 0 bridgehead atoms. The first kappa shape index (κ1) is 17.4. The Labute approximate surface area is 157 Å². The Morgan fingerprint density at radius 2 is 1.14 bits per heavy atom. The van der Waals surface area contributed by atoms with Crippen molar-refractivity contribution in [3.63, 3.8) is 0 Å². The van der Waals surface area contributed by atoms with Gasteiger partial charge in [0.2, 0.25) is 0 Å². The van der Waals surface area contributed by atoms with Crippen molar-refractivity contribution in [2.24, 2.45) is 0 Å². The van der Waals surface area contributed by atoms with Crippen LogP contribution in [0, 0.1) is 0 Å². The zero-order valence-electron chi connectivity index (χ0n) is 11.0. The number of hydrogen-bond donors (Lipinski definition) is 0. The smallest absolute Gasteiger partial charge is 0.0817 e. The molecule has 0 aliphatic heterocycles. The number of benzene rings is 2. The number of hydrogen-bond acceptors (Lipinski definition) is 2. The predicted octanol–water partition coefficient (Wildman–Crippen LogP) is 5.66. The molecule has 0 atom stereocenters. The van der Waals surface area contributed by atoms with Crippen LogP contribution in [0.3, 0.4) is 0 Å². The van der Waals surface area contributed by atoms with Crippen LogP contribution in [0.1, 0.15) is 0 Å². The molecule has 0 aliphatic carbocycles. The molecule has 0 amide bonds. The zero-order chi connectivity index (χ0) is 13.7. The van der Waals surface area contributed by atoms with E-state index in [0.717, 1.165) is 32.6 Å². The third kappa shape index (κ3) is 2.59. The van der Waals surface area contributed by atoms with Gasteiger partial charge in [-0.25, -0.2) is 0 Å². The number of fused-ring (bicyclic) bond motifs is 5. The molecule has 0 unspecified atom stereocenters. The van der Waals surface area contributed by atoms with Gasteiger partial charge in [0.1, 0.15) is 0 Å². The second-order valence-corrected chi connectivity index (χ2v) is 5.42. The van der Waals surface area contributed by atoms with Crippen molar-refractivity contribution in [2.45, 2.75) is 0 Å². The summed E-state index contributed by atoms with van der Waals surface area (Å²) in [4.78, 5) is 8.96. The Kier molecular flexibility index (Phi) is 5.29. The fourth-order valence-electron chi connectivity index (χ4n) is 2.57. The first-order valence-electron chi connectivity index (χ1n) is 6.16. The molecule has 22 heavy (non-hydrogen) atoms. The van der Waals surface area contributed by atoms with Gasteiger partial charge in [0.25, 0.3) is 0 Å². The normalized spacial score (nSPS) is 10.5. The molecular weight excluding hydrogens is 522 g/mol. The molecule has 4 aromatic rings. The Bertz CT molecular complexity index is 912. The molecule has 0 radical (unpaired) electrons. The quantitative estimate of drug-likeness (QED) is 0.274. The van der Waals surface area contributed by atoms with Crippen LogP contribution in [0.4, 0.5) is 0 Å². The fraction of sp³-hybridized carbons (Fsp3) is 0. The summed E-state index contributed by atoms with van der Waals surface area (Å²) in [6.45, 7) is 0. The van der Waals surface area contributed by atoms with E-state index < -0.39 is 0 Å². The van der Waals surface area contributed by atoms with E-state index in [1.54, 1.807) is 24.5 Å². The van der Waals surface area contributed by atoms with Crippen molar-refractivity contribution in [3.8, 4) is 0 Å². The third-order valence-corrected chi connectivity index (χ3v) is 4.15. The summed E-state index contributed by atoms with van der Waals surface area (Å²) in [6, 6.07) is 11.6. The van der Waals surface area contributed by atoms with Crippen molar-refractivity contribution >= 4 is 68.2 Å². The van der Waals surface area contributed by atoms with Crippen LogP contribution >= 0.6 is 35.6 Å². The number of nitrogens with zero attached hydrogens (tertiary/aromatic N) is 2. The average Bonchev–Trinajstić information content (AvgIpc) is 2.47. The third-order valence-electron chi connectivity index (χ3n) is 3.50. The monoisotopic (exact) mass is 529 g/mol. The second kappa shape index (κ2) is 6.68. The van der Waals surface area contributed by atoms with Crippen molar-refractivity contribution < 1.29 is 21.1 Å². The van der Waals surface area contributed by atoms with Crippen molar-refractivity contribution in [3.05, 3.63) is 58.8 Å². The minimum absolute atomic E-state index is 0. The molecule has 0 spiro atoms. The summed E-state index contributed by atoms with van der Waals surface area (Å²) >= 11 is 12.5. The van der Waals surface area contributed by atoms with Gasteiger partial charge in [-0.3, -0.25) is 9.97 Å². The number of halogens is 3. The van der Waals surface area contributed by atoms with Crippen LogP contribution in [0.5, 0.6) is 0 Å². The molecule has 2 heterocycles. The van der Waals surface area contributed by atoms with Crippen molar-refractivity contribution in [1.29, 1.82) is 0 Å². The van der Waals surface area contributed by atoms with E-state index >= 15 is 0 Å². The maximum absolute atomic E-state index is 6.25. The molecule has 6 heteroatoms. The summed E-state index contributed by atoms with van der Waals surface area (Å²) in [6.07, 6.45) is 3.43. The molecule has 4 rings (SSSR count). The fourth-order valence-corrected chi connectivity index (χ4v) is 2.99. The number of aromatic nitrogens is 2. The van der Waals surface area contributed by atoms with Crippen LogP contribution in [-0.4, -0.2) is 9.97 Å². The maximum atomic E-state index is 6.25. The predicted molar refractivity (Wildman–Crippen MR) is 91.8 cm³/mol. The molecule has 0 saturated carbocycles. The summed E-state index contributed by atoms with van der Waals surface area (Å²) in [7, 11) is 0. The summed E-state index contributed by atoms with van der Waals surface area (Å²) in [5, 5.41) is 5.30. The number of pyridine rings is 2. The summed E-state index contributed by atoms with van der Waals surface area (Å²) in [5.74, 6) is 0. The van der Waals surface area contributed by atoms with Gasteiger partial charge in [0.05, 0.1) is 21.1 Å². The SMILES string of the molecule is Cl.Clc1ccnc2c1ccc1ccc3c(Cl)ccnc3c12.[Pt]. The first-order valence-corrected chi connectivity index (χ1v) is 6.91. The maximum Gasteiger partial charge on any atom is 0.0817 e. The molecular formula is C16H9Cl3N2Pt. The molecule has 0 aliphatic rings. The summed E-state index contributed by atoms with van der Waals surface area (Å²) < 4.78 is 0. The Morgan fingerprint density at radius 1 is 0.682 bits per heavy atom. The van der Waals surface area contributed by atoms with E-state index in [1.807, 2.05) is 24.3 Å². The molecule has 114 valence electrons. The van der Waals surface area contributed by atoms with Crippen LogP contribution in [0.25, 0.3) is 32.6 Å². The van der Waals surface area contributed by atoms with E-state index in [1.165, 1.54) is 0 Å². The van der Waals surface area contributed by atoms with Gasteiger partial charge in [-0.05, 0) is 17.5 Å². The van der Waals surface area contributed by atoms with Gasteiger partial charge in [-0.2, -0.15) is 0 Å². The molecule has 2 aromatic heterocycles. The second-order valence-electron chi connectivity index (χ2n) is 4.61. The van der Waals surface area contributed by atoms with Gasteiger partial charge in [-0.1, -0.05) is 47.5 Å². The first-order chi connectivity index (χ1) is 9.75. The van der Waals surface area contributed by atoms with Crippen molar-refractivity contribution in [2.75, 3.05) is 0 Å². The largest absolute Gasteiger partial charge is 0.255 e. The Hall–Kier alpha value is -0.922. The Morgan fingerprint density at radius 3 is 1.59 bits per heavy atom.